The van der Waals surface area contributed by atoms with Crippen molar-refractivity contribution < 1.29 is 9.13 Å². The second-order valence-electron chi connectivity index (χ2n) is 7.13. The molecule has 0 bridgehead atoms. The van der Waals surface area contributed by atoms with Crippen LogP contribution in [-0.2, 0) is 24.3 Å². The van der Waals surface area contributed by atoms with Crippen LogP contribution in [0, 0.1) is 5.82 Å². The molecule has 2 heterocycles. The summed E-state index contributed by atoms with van der Waals surface area (Å²) in [6.45, 7) is 1.18. The molecule has 1 aliphatic heterocycles. The van der Waals surface area contributed by atoms with E-state index in [0.717, 1.165) is 49.0 Å². The summed E-state index contributed by atoms with van der Waals surface area (Å²) in [5.41, 5.74) is 0.779. The Labute approximate surface area is 158 Å². The van der Waals surface area contributed by atoms with Crippen LogP contribution in [0.2, 0.25) is 0 Å². The molecule has 1 aromatic carbocycles. The maximum atomic E-state index is 13.9. The number of benzene rings is 1. The SMILES string of the molecule is CN=C(NC1CCc2nc(COC)nn2C1)NC1CC1c1ccccc1F. The lowest BCUT2D eigenvalue weighted by molar-refractivity contribution is 0.177. The molecular formula is C19H25FN6O. The summed E-state index contributed by atoms with van der Waals surface area (Å²) in [5.74, 6) is 2.55. The van der Waals surface area contributed by atoms with Crippen LogP contribution in [0.3, 0.4) is 0 Å². The Hall–Kier alpha value is -2.48. The van der Waals surface area contributed by atoms with Gasteiger partial charge in [-0.05, 0) is 24.5 Å². The van der Waals surface area contributed by atoms with Crippen molar-refractivity contribution in [2.75, 3.05) is 14.2 Å². The van der Waals surface area contributed by atoms with Gasteiger partial charge in [-0.3, -0.25) is 4.99 Å². The van der Waals surface area contributed by atoms with Gasteiger partial charge in [-0.2, -0.15) is 5.10 Å². The van der Waals surface area contributed by atoms with Crippen molar-refractivity contribution in [3.63, 3.8) is 0 Å². The third kappa shape index (κ3) is 3.95. The van der Waals surface area contributed by atoms with Crippen molar-refractivity contribution in [1.82, 2.24) is 25.4 Å². The van der Waals surface area contributed by atoms with E-state index in [0.29, 0.717) is 6.61 Å². The Kier molecular flexibility index (Phi) is 5.07. The average molecular weight is 372 g/mol. The third-order valence-corrected chi connectivity index (χ3v) is 5.16. The predicted molar refractivity (Wildman–Crippen MR) is 100 cm³/mol. The number of hydrogen-bond acceptors (Lipinski definition) is 4. The summed E-state index contributed by atoms with van der Waals surface area (Å²) in [7, 11) is 3.41. The van der Waals surface area contributed by atoms with E-state index in [-0.39, 0.29) is 23.8 Å². The van der Waals surface area contributed by atoms with Crippen LogP contribution in [0.15, 0.2) is 29.3 Å². The molecule has 2 aliphatic rings. The van der Waals surface area contributed by atoms with E-state index in [9.17, 15) is 4.39 Å². The van der Waals surface area contributed by atoms with Crippen LogP contribution in [0.25, 0.3) is 0 Å². The number of rotatable bonds is 5. The van der Waals surface area contributed by atoms with Crippen molar-refractivity contribution in [3.8, 4) is 0 Å². The number of fused-ring (bicyclic) bond motifs is 1. The first-order valence-corrected chi connectivity index (χ1v) is 9.33. The van der Waals surface area contributed by atoms with Crippen LogP contribution in [0.5, 0.6) is 0 Å². The van der Waals surface area contributed by atoms with E-state index in [4.69, 9.17) is 4.74 Å². The molecule has 8 heteroatoms. The number of ether oxygens (including phenoxy) is 1. The van der Waals surface area contributed by atoms with Gasteiger partial charge in [-0.25, -0.2) is 14.1 Å². The summed E-state index contributed by atoms with van der Waals surface area (Å²) >= 11 is 0. The van der Waals surface area contributed by atoms with Crippen molar-refractivity contribution in [1.29, 1.82) is 0 Å². The van der Waals surface area contributed by atoms with Gasteiger partial charge in [0, 0.05) is 38.6 Å². The van der Waals surface area contributed by atoms with E-state index in [1.807, 2.05) is 16.8 Å². The molecule has 27 heavy (non-hydrogen) atoms. The second kappa shape index (κ2) is 7.64. The molecule has 0 amide bonds. The van der Waals surface area contributed by atoms with Crippen molar-refractivity contribution in [2.45, 2.75) is 50.4 Å². The fourth-order valence-corrected chi connectivity index (χ4v) is 3.68. The number of halogens is 1. The number of aliphatic imine (C=N–C) groups is 1. The van der Waals surface area contributed by atoms with Gasteiger partial charge in [0.05, 0.1) is 6.54 Å². The standard InChI is InChI=1S/C19H25FN6O/c1-21-19(23-16-9-14(16)13-5-3-4-6-15(13)20)22-12-7-8-18-24-17(11-27-2)25-26(18)10-12/h3-6,12,14,16H,7-11H2,1-2H3,(H2,21,22,23). The zero-order valence-corrected chi connectivity index (χ0v) is 15.7. The number of nitrogens with one attached hydrogen (secondary N) is 2. The highest BCUT2D eigenvalue weighted by Crippen LogP contribution is 2.41. The van der Waals surface area contributed by atoms with Gasteiger partial charge in [0.15, 0.2) is 11.8 Å². The highest BCUT2D eigenvalue weighted by atomic mass is 19.1. The Balaban J connectivity index is 1.33. The lowest BCUT2D eigenvalue weighted by atomic mass is 10.1. The van der Waals surface area contributed by atoms with E-state index >= 15 is 0 Å². The van der Waals surface area contributed by atoms with Crippen LogP contribution in [0.1, 0.15) is 36.0 Å². The summed E-state index contributed by atoms with van der Waals surface area (Å²) in [6.07, 6.45) is 2.75. The van der Waals surface area contributed by atoms with E-state index < -0.39 is 0 Å². The zero-order chi connectivity index (χ0) is 18.8. The topological polar surface area (TPSA) is 76.4 Å². The predicted octanol–water partition coefficient (Wildman–Crippen LogP) is 1.60. The maximum Gasteiger partial charge on any atom is 0.191 e. The second-order valence-corrected chi connectivity index (χ2v) is 7.13. The van der Waals surface area contributed by atoms with Crippen molar-refractivity contribution >= 4 is 5.96 Å². The summed E-state index contributed by atoms with van der Waals surface area (Å²) in [6, 6.07) is 7.44. The molecule has 0 radical (unpaired) electrons. The van der Waals surface area contributed by atoms with Crippen molar-refractivity contribution in [2.24, 2.45) is 4.99 Å². The Bertz CT molecular complexity index is 835. The smallest absolute Gasteiger partial charge is 0.191 e. The fourth-order valence-electron chi connectivity index (χ4n) is 3.68. The summed E-state index contributed by atoms with van der Waals surface area (Å²) in [5, 5.41) is 11.4. The van der Waals surface area contributed by atoms with Crippen molar-refractivity contribution in [3.05, 3.63) is 47.3 Å². The van der Waals surface area contributed by atoms with Gasteiger partial charge in [-0.1, -0.05) is 18.2 Å². The number of methoxy groups -OCH3 is 1. The highest BCUT2D eigenvalue weighted by Gasteiger charge is 2.40. The number of aromatic nitrogens is 3. The minimum absolute atomic E-state index is 0.132. The summed E-state index contributed by atoms with van der Waals surface area (Å²) in [4.78, 5) is 8.84. The molecule has 4 rings (SSSR count). The molecule has 0 spiro atoms. The van der Waals surface area contributed by atoms with Crippen LogP contribution >= 0.6 is 0 Å². The fraction of sp³-hybridized carbons (Fsp3) is 0.526. The molecule has 2 aromatic rings. The number of guanidine groups is 1. The first-order valence-electron chi connectivity index (χ1n) is 9.33. The Morgan fingerprint density at radius 3 is 3.00 bits per heavy atom. The minimum atomic E-state index is -0.132. The monoisotopic (exact) mass is 372 g/mol. The van der Waals surface area contributed by atoms with E-state index in [1.54, 1.807) is 20.2 Å². The molecule has 144 valence electrons. The largest absolute Gasteiger partial charge is 0.377 e. The Morgan fingerprint density at radius 2 is 2.22 bits per heavy atom. The lowest BCUT2D eigenvalue weighted by Gasteiger charge is -2.25. The first kappa shape index (κ1) is 17.9. The maximum absolute atomic E-state index is 13.9. The van der Waals surface area contributed by atoms with E-state index in [2.05, 4.69) is 25.7 Å². The molecule has 7 nitrogen and oxygen atoms in total. The third-order valence-electron chi connectivity index (χ3n) is 5.16. The van der Waals surface area contributed by atoms with Crippen LogP contribution in [-0.4, -0.2) is 47.0 Å². The van der Waals surface area contributed by atoms with Gasteiger partial charge in [0.1, 0.15) is 18.2 Å². The highest BCUT2D eigenvalue weighted by molar-refractivity contribution is 5.80. The normalized spacial score (nSPS) is 24.4. The molecule has 1 aliphatic carbocycles. The molecule has 1 aromatic heterocycles. The first-order chi connectivity index (χ1) is 13.2. The van der Waals surface area contributed by atoms with Gasteiger partial charge in [0.25, 0.3) is 0 Å². The molecule has 2 N–H and O–H groups in total. The van der Waals surface area contributed by atoms with Crippen LogP contribution < -0.4 is 10.6 Å². The lowest BCUT2D eigenvalue weighted by Crippen LogP contribution is -2.47. The molecule has 3 atom stereocenters. The number of aryl methyl sites for hydroxylation is 1. The Morgan fingerprint density at radius 1 is 1.37 bits per heavy atom. The van der Waals surface area contributed by atoms with Gasteiger partial charge in [0.2, 0.25) is 0 Å². The molecular weight excluding hydrogens is 347 g/mol. The van der Waals surface area contributed by atoms with Crippen LogP contribution in [0.4, 0.5) is 4.39 Å². The molecule has 1 saturated carbocycles. The quantitative estimate of drug-likeness (QED) is 0.616. The summed E-state index contributed by atoms with van der Waals surface area (Å²) < 4.78 is 21.0. The molecule has 3 unspecified atom stereocenters. The molecule has 1 fully saturated rings. The van der Waals surface area contributed by atoms with E-state index in [1.165, 1.54) is 6.07 Å². The molecule has 0 saturated heterocycles. The zero-order valence-electron chi connectivity index (χ0n) is 15.7. The van der Waals surface area contributed by atoms with Gasteiger partial charge >= 0.3 is 0 Å². The minimum Gasteiger partial charge on any atom is -0.377 e. The van der Waals surface area contributed by atoms with Gasteiger partial charge < -0.3 is 15.4 Å². The average Bonchev–Trinajstić information content (AvgIpc) is 3.30. The number of nitrogens with zero attached hydrogens (tertiary/aromatic N) is 4. The van der Waals surface area contributed by atoms with Gasteiger partial charge in [-0.15, -0.1) is 0 Å². The number of hydrogen-bond donors (Lipinski definition) is 2.